The number of aliphatic hydroxyl groups is 1. The van der Waals surface area contributed by atoms with Crippen LogP contribution in [0.5, 0.6) is 0 Å². The van der Waals surface area contributed by atoms with E-state index < -0.39 is 52.1 Å². The van der Waals surface area contributed by atoms with E-state index in [1.165, 1.54) is 4.31 Å². The van der Waals surface area contributed by atoms with Crippen molar-refractivity contribution in [3.8, 4) is 0 Å². The lowest BCUT2D eigenvalue weighted by molar-refractivity contribution is -0.357. The van der Waals surface area contributed by atoms with Gasteiger partial charge in [-0.05, 0) is 63.3 Å². The molecule has 7 atom stereocenters. The molecule has 0 saturated carbocycles. The molecular weight excluding hydrogens is 590 g/mol. The van der Waals surface area contributed by atoms with Gasteiger partial charge in [0, 0.05) is 18.9 Å². The van der Waals surface area contributed by atoms with Gasteiger partial charge in [0.1, 0.15) is 6.10 Å². The minimum Gasteiger partial charge on any atom is -0.455 e. The summed E-state index contributed by atoms with van der Waals surface area (Å²) >= 11 is 0. The number of carbonyl (C=O) groups is 1. The van der Waals surface area contributed by atoms with Gasteiger partial charge in [0.15, 0.2) is 5.79 Å². The van der Waals surface area contributed by atoms with Crippen LogP contribution in [0, 0.1) is 32.6 Å². The number of ether oxygens (including phenoxy) is 3. The van der Waals surface area contributed by atoms with Gasteiger partial charge >= 0.3 is 5.97 Å². The molecule has 9 heteroatoms. The lowest BCUT2D eigenvalue weighted by Crippen LogP contribution is -2.59. The first kappa shape index (κ1) is 33.3. The van der Waals surface area contributed by atoms with E-state index in [2.05, 4.69) is 0 Å². The van der Waals surface area contributed by atoms with Crippen molar-refractivity contribution >= 4 is 16.0 Å². The molecule has 8 nitrogen and oxygen atoms in total. The van der Waals surface area contributed by atoms with Gasteiger partial charge in [-0.15, -0.1) is 0 Å². The number of hydrogen-bond acceptors (Lipinski definition) is 7. The van der Waals surface area contributed by atoms with Crippen molar-refractivity contribution in [2.24, 2.45) is 11.8 Å². The van der Waals surface area contributed by atoms with E-state index in [9.17, 15) is 18.3 Å². The first-order valence-electron chi connectivity index (χ1n) is 15.7. The lowest BCUT2D eigenvalue weighted by Gasteiger charge is -2.51. The standard InChI is InChI=1S/C36H45NO7S/c1-23-19-24(2)34(25(3)20-23)45(40,41)37(21-28-13-9-7-10-14-28)27(5)33(29-15-11-8-12-16-29)42-35(39)30-17-18-36(6)43-31(22-38)26(4)32(30)44-36/h7-16,19-20,26-27,30-33,38H,17-18,21-22H2,1-6H3/t26?,27-,30?,31?,32?,33-,36?/m0/s1. The number of rotatable bonds is 10. The number of esters is 1. The number of sulfonamides is 1. The van der Waals surface area contributed by atoms with Crippen molar-refractivity contribution in [1.82, 2.24) is 4.31 Å². The zero-order valence-corrected chi connectivity index (χ0v) is 27.8. The van der Waals surface area contributed by atoms with Gasteiger partial charge in [0.05, 0.1) is 35.7 Å². The quantitative estimate of drug-likeness (QED) is 0.272. The fourth-order valence-electron chi connectivity index (χ4n) is 7.02. The molecule has 0 amide bonds. The Morgan fingerprint density at radius 3 is 2.22 bits per heavy atom. The Morgan fingerprint density at radius 1 is 1.02 bits per heavy atom. The molecule has 5 unspecified atom stereocenters. The van der Waals surface area contributed by atoms with E-state index in [0.717, 1.165) is 11.1 Å². The van der Waals surface area contributed by atoms with Crippen molar-refractivity contribution in [2.45, 2.75) is 96.0 Å². The lowest BCUT2D eigenvalue weighted by atomic mass is 9.80. The van der Waals surface area contributed by atoms with Crippen LogP contribution in [0.3, 0.4) is 0 Å². The van der Waals surface area contributed by atoms with E-state index in [-0.39, 0.29) is 24.0 Å². The van der Waals surface area contributed by atoms with Gasteiger partial charge in [0.25, 0.3) is 0 Å². The van der Waals surface area contributed by atoms with E-state index >= 15 is 0 Å². The summed E-state index contributed by atoms with van der Waals surface area (Å²) in [6.45, 7) is 11.1. The smallest absolute Gasteiger partial charge is 0.312 e. The van der Waals surface area contributed by atoms with Crippen LogP contribution in [0.4, 0.5) is 0 Å². The van der Waals surface area contributed by atoms with Gasteiger partial charge in [0.2, 0.25) is 10.0 Å². The van der Waals surface area contributed by atoms with Gasteiger partial charge in [-0.25, -0.2) is 8.42 Å². The van der Waals surface area contributed by atoms with Crippen LogP contribution in [0.1, 0.15) is 67.5 Å². The van der Waals surface area contributed by atoms with Crippen LogP contribution >= 0.6 is 0 Å². The monoisotopic (exact) mass is 635 g/mol. The number of carbonyl (C=O) groups excluding carboxylic acids is 1. The molecule has 2 saturated heterocycles. The maximum atomic E-state index is 14.7. The Kier molecular flexibility index (Phi) is 9.87. The Bertz CT molecular complexity index is 1570. The summed E-state index contributed by atoms with van der Waals surface area (Å²) in [5.74, 6) is -2.16. The average Bonchev–Trinajstić information content (AvgIpc) is 3.00. The Labute approximate surface area is 267 Å². The zero-order chi connectivity index (χ0) is 32.5. The minimum atomic E-state index is -4.06. The van der Waals surface area contributed by atoms with E-state index in [1.54, 1.807) is 6.92 Å². The number of aryl methyl sites for hydroxylation is 3. The summed E-state index contributed by atoms with van der Waals surface area (Å²) < 4.78 is 49.5. The molecule has 5 rings (SSSR count). The molecule has 3 aromatic rings. The fourth-order valence-corrected chi connectivity index (χ4v) is 9.05. The third kappa shape index (κ3) is 6.88. The summed E-state index contributed by atoms with van der Waals surface area (Å²) in [6.07, 6.45) is -0.901. The second-order valence-electron chi connectivity index (χ2n) is 12.8. The normalized spacial score (nSPS) is 26.3. The SMILES string of the molecule is Cc1cc(C)c(S(=O)(=O)N(Cc2ccccc2)[C@@H](C)[C@H](OC(=O)C2CCC3(C)OC(CO)C(C)C2O3)c2ccccc2)c(C)c1. The topological polar surface area (TPSA) is 102 Å². The molecule has 45 heavy (non-hydrogen) atoms. The van der Waals surface area contributed by atoms with Crippen molar-refractivity contribution in [3.63, 3.8) is 0 Å². The van der Waals surface area contributed by atoms with Gasteiger partial charge < -0.3 is 19.3 Å². The highest BCUT2D eigenvalue weighted by Gasteiger charge is 2.53. The molecule has 0 radical (unpaired) electrons. The summed E-state index contributed by atoms with van der Waals surface area (Å²) in [7, 11) is -4.06. The highest BCUT2D eigenvalue weighted by Crippen LogP contribution is 2.44. The van der Waals surface area contributed by atoms with Crippen LogP contribution in [0.25, 0.3) is 0 Å². The predicted octanol–water partition coefficient (Wildman–Crippen LogP) is 6.01. The summed E-state index contributed by atoms with van der Waals surface area (Å²) in [5, 5.41) is 9.97. The summed E-state index contributed by atoms with van der Waals surface area (Å²) in [6, 6.07) is 21.7. The van der Waals surface area contributed by atoms with Crippen LogP contribution in [0.2, 0.25) is 0 Å². The molecule has 2 aliphatic rings. The Balaban J connectivity index is 1.54. The predicted molar refractivity (Wildman–Crippen MR) is 172 cm³/mol. The van der Waals surface area contributed by atoms with Crippen LogP contribution in [-0.4, -0.2) is 54.4 Å². The summed E-state index contributed by atoms with van der Waals surface area (Å²) in [4.78, 5) is 14.4. The Hall–Kier alpha value is -3.08. The van der Waals surface area contributed by atoms with E-state index in [0.29, 0.717) is 29.5 Å². The number of benzene rings is 3. The van der Waals surface area contributed by atoms with Crippen molar-refractivity contribution in [3.05, 3.63) is 101 Å². The largest absolute Gasteiger partial charge is 0.455 e. The minimum absolute atomic E-state index is 0.0953. The molecule has 242 valence electrons. The van der Waals surface area contributed by atoms with Crippen molar-refractivity contribution < 1.29 is 32.5 Å². The summed E-state index contributed by atoms with van der Waals surface area (Å²) in [5.41, 5.74) is 3.83. The number of fused-ring (bicyclic) bond motifs is 2. The molecule has 1 N–H and O–H groups in total. The van der Waals surface area contributed by atoms with Crippen molar-refractivity contribution in [1.29, 1.82) is 0 Å². The first-order valence-corrected chi connectivity index (χ1v) is 17.1. The second kappa shape index (κ2) is 13.3. The maximum Gasteiger partial charge on any atom is 0.312 e. The van der Waals surface area contributed by atoms with Crippen LogP contribution in [0.15, 0.2) is 77.7 Å². The molecular formula is C36H45NO7S. The molecule has 2 fully saturated rings. The number of hydrogen-bond donors (Lipinski definition) is 1. The maximum absolute atomic E-state index is 14.7. The van der Waals surface area contributed by atoms with Gasteiger partial charge in [-0.1, -0.05) is 85.3 Å². The second-order valence-corrected chi connectivity index (χ2v) is 14.7. The highest BCUT2D eigenvalue weighted by atomic mass is 32.2. The van der Waals surface area contributed by atoms with Crippen molar-refractivity contribution in [2.75, 3.05) is 6.61 Å². The highest BCUT2D eigenvalue weighted by molar-refractivity contribution is 7.89. The third-order valence-corrected chi connectivity index (χ3v) is 11.5. The zero-order valence-electron chi connectivity index (χ0n) is 27.0. The fraction of sp³-hybridized carbons (Fsp3) is 0.472. The van der Waals surface area contributed by atoms with Gasteiger partial charge in [-0.3, -0.25) is 4.79 Å². The number of aliphatic hydroxyl groups excluding tert-OH is 1. The van der Waals surface area contributed by atoms with Crippen LogP contribution in [-0.2, 0) is 35.6 Å². The molecule has 0 aliphatic carbocycles. The molecule has 3 aromatic carbocycles. The first-order chi connectivity index (χ1) is 21.3. The van der Waals surface area contributed by atoms with E-state index in [1.807, 2.05) is 107 Å². The molecule has 0 spiro atoms. The molecule has 0 aromatic heterocycles. The molecule has 2 aliphatic heterocycles. The third-order valence-electron chi connectivity index (χ3n) is 9.30. The molecule has 2 bridgehead atoms. The molecule has 2 heterocycles. The Morgan fingerprint density at radius 2 is 1.62 bits per heavy atom. The van der Waals surface area contributed by atoms with Crippen LogP contribution < -0.4 is 0 Å². The average molecular weight is 636 g/mol. The number of nitrogens with zero attached hydrogens (tertiary/aromatic N) is 1. The van der Waals surface area contributed by atoms with Gasteiger partial charge in [-0.2, -0.15) is 4.31 Å². The van der Waals surface area contributed by atoms with E-state index in [4.69, 9.17) is 14.2 Å².